The Balaban J connectivity index is 1.56. The van der Waals surface area contributed by atoms with E-state index < -0.39 is 0 Å². The Labute approximate surface area is 122 Å². The predicted octanol–water partition coefficient (Wildman–Crippen LogP) is 1.89. The van der Waals surface area contributed by atoms with E-state index in [2.05, 4.69) is 18.7 Å². The van der Waals surface area contributed by atoms with E-state index in [0.29, 0.717) is 5.41 Å². The van der Waals surface area contributed by atoms with Crippen LogP contribution in [0.2, 0.25) is 0 Å². The number of amides is 1. The lowest BCUT2D eigenvalue weighted by Gasteiger charge is -2.47. The fourth-order valence-corrected chi connectivity index (χ4v) is 4.20. The number of rotatable bonds is 1. The van der Waals surface area contributed by atoms with Crippen LogP contribution < -0.4 is 0 Å². The van der Waals surface area contributed by atoms with Gasteiger partial charge in [0.1, 0.15) is 6.61 Å². The number of carbonyl (C=O) groups excluding carboxylic acids is 1. The molecule has 4 nitrogen and oxygen atoms in total. The van der Waals surface area contributed by atoms with Gasteiger partial charge in [-0.1, -0.05) is 13.8 Å². The first-order chi connectivity index (χ1) is 9.39. The number of morpholine rings is 1. The van der Waals surface area contributed by atoms with E-state index in [9.17, 15) is 4.79 Å². The van der Waals surface area contributed by atoms with Gasteiger partial charge in [0.2, 0.25) is 5.91 Å². The number of carbonyl (C=O) groups is 1. The Morgan fingerprint density at radius 2 is 1.90 bits per heavy atom. The normalized spacial score (nSPS) is 33.9. The summed E-state index contributed by atoms with van der Waals surface area (Å²) >= 11 is 0. The van der Waals surface area contributed by atoms with Gasteiger partial charge in [-0.05, 0) is 37.5 Å². The molecule has 0 aromatic rings. The average molecular weight is 280 g/mol. The number of likely N-dealkylation sites (tertiary alicyclic amines) is 1. The summed E-state index contributed by atoms with van der Waals surface area (Å²) < 4.78 is 5.92. The number of piperidine rings is 1. The fourth-order valence-electron chi connectivity index (χ4n) is 4.20. The van der Waals surface area contributed by atoms with E-state index >= 15 is 0 Å². The van der Waals surface area contributed by atoms with E-state index in [1.165, 1.54) is 19.3 Å². The van der Waals surface area contributed by atoms with Crippen molar-refractivity contribution in [2.24, 2.45) is 5.41 Å². The van der Waals surface area contributed by atoms with Crippen LogP contribution in [0.15, 0.2) is 0 Å². The molecule has 3 rings (SSSR count). The van der Waals surface area contributed by atoms with Crippen molar-refractivity contribution in [3.8, 4) is 0 Å². The highest BCUT2D eigenvalue weighted by molar-refractivity contribution is 5.78. The lowest BCUT2D eigenvalue weighted by atomic mass is 9.87. The molecule has 1 aliphatic carbocycles. The molecule has 4 heteroatoms. The first-order valence-corrected chi connectivity index (χ1v) is 8.01. The number of nitrogens with zero attached hydrogens (tertiary/aromatic N) is 2. The topological polar surface area (TPSA) is 32.8 Å². The zero-order valence-corrected chi connectivity index (χ0v) is 13.2. The summed E-state index contributed by atoms with van der Waals surface area (Å²) in [6.07, 6.45) is 6.18. The van der Waals surface area contributed by atoms with Crippen LogP contribution in [0.5, 0.6) is 0 Å². The molecule has 2 heterocycles. The summed E-state index contributed by atoms with van der Waals surface area (Å²) in [5, 5.41) is 0. The van der Waals surface area contributed by atoms with Crippen LogP contribution in [0.1, 0.15) is 46.0 Å². The van der Waals surface area contributed by atoms with Gasteiger partial charge < -0.3 is 14.5 Å². The van der Waals surface area contributed by atoms with Gasteiger partial charge in [0, 0.05) is 32.7 Å². The van der Waals surface area contributed by atoms with Crippen molar-refractivity contribution in [2.75, 3.05) is 33.3 Å². The van der Waals surface area contributed by atoms with Crippen molar-refractivity contribution >= 4 is 5.91 Å². The monoisotopic (exact) mass is 280 g/mol. The highest BCUT2D eigenvalue weighted by Gasteiger charge is 2.43. The molecule has 0 bridgehead atoms. The zero-order valence-electron chi connectivity index (χ0n) is 13.2. The molecule has 0 aromatic carbocycles. The van der Waals surface area contributed by atoms with Crippen molar-refractivity contribution in [1.82, 2.24) is 9.80 Å². The third-order valence-corrected chi connectivity index (χ3v) is 5.62. The molecule has 2 saturated heterocycles. The summed E-state index contributed by atoms with van der Waals surface area (Å²) in [6.45, 7) is 8.08. The Morgan fingerprint density at radius 3 is 2.45 bits per heavy atom. The summed E-state index contributed by atoms with van der Waals surface area (Å²) in [5.41, 5.74) is 0.459. The lowest BCUT2D eigenvalue weighted by molar-refractivity contribution is -0.169. The molecule has 1 spiro atoms. The van der Waals surface area contributed by atoms with Gasteiger partial charge in [0.25, 0.3) is 0 Å². The van der Waals surface area contributed by atoms with E-state index in [1.807, 2.05) is 11.9 Å². The minimum Gasteiger partial charge on any atom is -0.363 e. The smallest absolute Gasteiger partial charge is 0.248 e. The highest BCUT2D eigenvalue weighted by Crippen LogP contribution is 2.41. The van der Waals surface area contributed by atoms with Crippen molar-refractivity contribution < 1.29 is 9.53 Å². The standard InChI is InChI=1S/C16H28N2O2/c1-15(2)5-4-13(10-15)18-8-6-16(7-9-18)12-17(3)14(19)11-20-16/h13H,4-12H2,1-3H3. The van der Waals surface area contributed by atoms with Gasteiger partial charge in [-0.15, -0.1) is 0 Å². The number of likely N-dealkylation sites (N-methyl/N-ethyl adjacent to an activating group) is 1. The van der Waals surface area contributed by atoms with Crippen LogP contribution in [0.3, 0.4) is 0 Å². The van der Waals surface area contributed by atoms with Crippen LogP contribution >= 0.6 is 0 Å². The van der Waals surface area contributed by atoms with E-state index in [0.717, 1.165) is 38.5 Å². The van der Waals surface area contributed by atoms with Gasteiger partial charge in [-0.25, -0.2) is 0 Å². The molecular weight excluding hydrogens is 252 g/mol. The maximum Gasteiger partial charge on any atom is 0.248 e. The molecule has 0 aromatic heterocycles. The average Bonchev–Trinajstić information content (AvgIpc) is 2.76. The van der Waals surface area contributed by atoms with Crippen molar-refractivity contribution in [3.63, 3.8) is 0 Å². The van der Waals surface area contributed by atoms with Crippen molar-refractivity contribution in [1.29, 1.82) is 0 Å². The second-order valence-corrected chi connectivity index (χ2v) is 7.82. The summed E-state index contributed by atoms with van der Waals surface area (Å²) in [6, 6.07) is 0.769. The minimum atomic E-state index is -0.0622. The van der Waals surface area contributed by atoms with Crippen LogP contribution in [-0.4, -0.2) is 60.6 Å². The molecule has 3 fully saturated rings. The van der Waals surface area contributed by atoms with Gasteiger partial charge in [-0.3, -0.25) is 4.79 Å². The Bertz CT molecular complexity index is 386. The van der Waals surface area contributed by atoms with Gasteiger partial charge in [-0.2, -0.15) is 0 Å². The van der Waals surface area contributed by atoms with Gasteiger partial charge >= 0.3 is 0 Å². The largest absolute Gasteiger partial charge is 0.363 e. The fraction of sp³-hybridized carbons (Fsp3) is 0.938. The molecule has 1 saturated carbocycles. The van der Waals surface area contributed by atoms with E-state index in [1.54, 1.807) is 0 Å². The zero-order chi connectivity index (χ0) is 14.4. The summed E-state index contributed by atoms with van der Waals surface area (Å²) in [4.78, 5) is 16.1. The number of hydrogen-bond donors (Lipinski definition) is 0. The molecular formula is C16H28N2O2. The number of hydrogen-bond acceptors (Lipinski definition) is 3. The van der Waals surface area contributed by atoms with Crippen LogP contribution in [-0.2, 0) is 9.53 Å². The molecule has 2 aliphatic heterocycles. The van der Waals surface area contributed by atoms with E-state index in [-0.39, 0.29) is 18.1 Å². The molecule has 20 heavy (non-hydrogen) atoms. The quantitative estimate of drug-likeness (QED) is 0.735. The highest BCUT2D eigenvalue weighted by atomic mass is 16.5. The maximum atomic E-state index is 11.6. The SMILES string of the molecule is CN1CC2(CCN(C3CCC(C)(C)C3)CC2)OCC1=O. The van der Waals surface area contributed by atoms with Crippen LogP contribution in [0.25, 0.3) is 0 Å². The summed E-state index contributed by atoms with van der Waals surface area (Å²) in [5.74, 6) is 0.121. The second kappa shape index (κ2) is 4.99. The third kappa shape index (κ3) is 2.73. The summed E-state index contributed by atoms with van der Waals surface area (Å²) in [7, 11) is 1.90. The minimum absolute atomic E-state index is 0.0622. The first kappa shape index (κ1) is 14.3. The molecule has 114 valence electrons. The molecule has 0 N–H and O–H groups in total. The molecule has 1 unspecified atom stereocenters. The molecule has 1 amide bonds. The van der Waals surface area contributed by atoms with Crippen molar-refractivity contribution in [2.45, 2.75) is 57.6 Å². The maximum absolute atomic E-state index is 11.6. The van der Waals surface area contributed by atoms with Gasteiger partial charge in [0.05, 0.1) is 5.60 Å². The predicted molar refractivity (Wildman–Crippen MR) is 78.5 cm³/mol. The third-order valence-electron chi connectivity index (χ3n) is 5.62. The number of ether oxygens (including phenoxy) is 1. The van der Waals surface area contributed by atoms with Gasteiger partial charge in [0.15, 0.2) is 0 Å². The first-order valence-electron chi connectivity index (χ1n) is 8.01. The Kier molecular flexibility index (Phi) is 3.57. The molecule has 1 atom stereocenters. The second-order valence-electron chi connectivity index (χ2n) is 7.82. The Morgan fingerprint density at radius 1 is 1.20 bits per heavy atom. The van der Waals surface area contributed by atoms with Crippen molar-refractivity contribution in [3.05, 3.63) is 0 Å². The van der Waals surface area contributed by atoms with Crippen LogP contribution in [0, 0.1) is 5.41 Å². The van der Waals surface area contributed by atoms with E-state index in [4.69, 9.17) is 4.74 Å². The lowest BCUT2D eigenvalue weighted by Crippen LogP contribution is -2.58. The molecule has 3 aliphatic rings. The molecule has 0 radical (unpaired) electrons. The van der Waals surface area contributed by atoms with Crippen LogP contribution in [0.4, 0.5) is 0 Å². The Hall–Kier alpha value is -0.610.